The van der Waals surface area contributed by atoms with E-state index < -0.39 is 5.41 Å². The van der Waals surface area contributed by atoms with Crippen LogP contribution in [0.5, 0.6) is 0 Å². The van der Waals surface area contributed by atoms with Gasteiger partial charge in [-0.1, -0.05) is 6.92 Å². The van der Waals surface area contributed by atoms with Crippen LogP contribution in [-0.2, 0) is 16.0 Å². The van der Waals surface area contributed by atoms with Gasteiger partial charge in [-0.2, -0.15) is 16.9 Å². The number of likely N-dealkylation sites (N-methyl/N-ethyl adjacent to an activating group) is 1. The Morgan fingerprint density at radius 2 is 2.28 bits per heavy atom. The summed E-state index contributed by atoms with van der Waals surface area (Å²) in [5, 5.41) is 6.76. The standard InChI is InChI=1S/C18H28N4O2S/c1-4-18(17(24)21(2)8-7-13-10-19-20-11-13)9-14-5-6-15(18)22(14)16(23)12-25-3/h10-11,14-15H,4-9,12H2,1-3H3,(H,19,20)/t14-,15+,18+/m0/s1. The zero-order chi connectivity index (χ0) is 18.0. The molecule has 2 aliphatic heterocycles. The van der Waals surface area contributed by atoms with Crippen molar-refractivity contribution in [2.45, 2.75) is 51.1 Å². The van der Waals surface area contributed by atoms with Gasteiger partial charge in [0.25, 0.3) is 0 Å². The van der Waals surface area contributed by atoms with Gasteiger partial charge in [0.2, 0.25) is 11.8 Å². The minimum Gasteiger partial charge on any atom is -0.345 e. The van der Waals surface area contributed by atoms with Gasteiger partial charge in [-0.15, -0.1) is 0 Å². The molecule has 2 bridgehead atoms. The van der Waals surface area contributed by atoms with Crippen molar-refractivity contribution < 1.29 is 9.59 Å². The van der Waals surface area contributed by atoms with E-state index in [2.05, 4.69) is 17.1 Å². The van der Waals surface area contributed by atoms with Crippen LogP contribution in [-0.4, -0.2) is 69.5 Å². The smallest absolute Gasteiger partial charge is 0.233 e. The molecule has 0 saturated carbocycles. The highest BCUT2D eigenvalue weighted by atomic mass is 32.2. The number of rotatable bonds is 7. The van der Waals surface area contributed by atoms with Gasteiger partial charge in [-0.3, -0.25) is 14.7 Å². The van der Waals surface area contributed by atoms with Crippen LogP contribution in [0.25, 0.3) is 0 Å². The lowest BCUT2D eigenvalue weighted by molar-refractivity contribution is -0.144. The quantitative estimate of drug-likeness (QED) is 0.803. The Balaban J connectivity index is 1.72. The maximum Gasteiger partial charge on any atom is 0.233 e. The zero-order valence-electron chi connectivity index (χ0n) is 15.3. The number of aromatic nitrogens is 2. The van der Waals surface area contributed by atoms with Crippen LogP contribution in [0.4, 0.5) is 0 Å². The normalized spacial score (nSPS) is 27.7. The van der Waals surface area contributed by atoms with Crippen molar-refractivity contribution in [2.75, 3.05) is 25.6 Å². The van der Waals surface area contributed by atoms with E-state index in [0.717, 1.165) is 37.7 Å². The van der Waals surface area contributed by atoms with E-state index in [1.54, 1.807) is 18.0 Å². The molecule has 6 nitrogen and oxygen atoms in total. The summed E-state index contributed by atoms with van der Waals surface area (Å²) in [6, 6.07) is 0.321. The summed E-state index contributed by atoms with van der Waals surface area (Å²) in [6.45, 7) is 2.77. The van der Waals surface area contributed by atoms with E-state index in [1.165, 1.54) is 0 Å². The van der Waals surface area contributed by atoms with Crippen molar-refractivity contribution in [2.24, 2.45) is 5.41 Å². The van der Waals surface area contributed by atoms with Gasteiger partial charge in [0.15, 0.2) is 0 Å². The maximum absolute atomic E-state index is 13.3. The van der Waals surface area contributed by atoms with Crippen LogP contribution < -0.4 is 0 Å². The molecule has 1 aromatic rings. The molecule has 0 spiro atoms. The molecule has 1 aromatic heterocycles. The number of thioether (sulfide) groups is 1. The molecule has 3 atom stereocenters. The lowest BCUT2D eigenvalue weighted by atomic mass is 9.71. The lowest BCUT2D eigenvalue weighted by Crippen LogP contribution is -2.50. The topological polar surface area (TPSA) is 69.3 Å². The van der Waals surface area contributed by atoms with Crippen molar-refractivity contribution >= 4 is 23.6 Å². The van der Waals surface area contributed by atoms with E-state index in [-0.39, 0.29) is 23.9 Å². The second-order valence-electron chi connectivity index (χ2n) is 7.28. The van der Waals surface area contributed by atoms with E-state index in [1.807, 2.05) is 29.3 Å². The Morgan fingerprint density at radius 3 is 2.92 bits per heavy atom. The van der Waals surface area contributed by atoms with Crippen LogP contribution in [0.2, 0.25) is 0 Å². The number of H-pyrrole nitrogens is 1. The van der Waals surface area contributed by atoms with Gasteiger partial charge in [0, 0.05) is 31.9 Å². The number of nitrogens with one attached hydrogen (secondary N) is 1. The summed E-state index contributed by atoms with van der Waals surface area (Å²) >= 11 is 1.56. The molecule has 0 unspecified atom stereocenters. The summed E-state index contributed by atoms with van der Waals surface area (Å²) in [4.78, 5) is 29.8. The fourth-order valence-electron chi connectivity index (χ4n) is 4.71. The monoisotopic (exact) mass is 364 g/mol. The Labute approximate surface area is 153 Å². The van der Waals surface area contributed by atoms with Crippen LogP contribution in [0, 0.1) is 5.41 Å². The summed E-state index contributed by atoms with van der Waals surface area (Å²) in [6.07, 6.45) is 10.0. The highest BCUT2D eigenvalue weighted by Gasteiger charge is 2.60. The largest absolute Gasteiger partial charge is 0.345 e. The second kappa shape index (κ2) is 7.40. The van der Waals surface area contributed by atoms with Crippen LogP contribution in [0.3, 0.4) is 0 Å². The van der Waals surface area contributed by atoms with Crippen molar-refractivity contribution in [1.29, 1.82) is 0 Å². The molecule has 0 aliphatic carbocycles. The first-order chi connectivity index (χ1) is 12.0. The number of hydrogen-bond acceptors (Lipinski definition) is 4. The molecule has 25 heavy (non-hydrogen) atoms. The van der Waals surface area contributed by atoms with Crippen molar-refractivity contribution in [3.8, 4) is 0 Å². The third-order valence-corrected chi connectivity index (χ3v) is 6.53. The number of aromatic amines is 1. The average molecular weight is 365 g/mol. The van der Waals surface area contributed by atoms with E-state index in [0.29, 0.717) is 12.3 Å². The van der Waals surface area contributed by atoms with Crippen LogP contribution in [0.15, 0.2) is 12.4 Å². The molecule has 1 N–H and O–H groups in total. The van der Waals surface area contributed by atoms with Crippen LogP contribution >= 0.6 is 11.8 Å². The molecule has 2 saturated heterocycles. The predicted octanol–water partition coefficient (Wildman–Crippen LogP) is 1.93. The molecule has 2 amide bonds. The highest BCUT2D eigenvalue weighted by molar-refractivity contribution is 7.99. The molecule has 2 aliphatic rings. The Bertz CT molecular complexity index is 621. The minimum atomic E-state index is -0.401. The van der Waals surface area contributed by atoms with E-state index in [4.69, 9.17) is 0 Å². The molecule has 3 heterocycles. The van der Waals surface area contributed by atoms with Crippen molar-refractivity contribution in [1.82, 2.24) is 20.0 Å². The first-order valence-corrected chi connectivity index (χ1v) is 10.5. The Kier molecular flexibility index (Phi) is 5.41. The van der Waals surface area contributed by atoms with Gasteiger partial charge in [-0.25, -0.2) is 0 Å². The number of hydrogen-bond donors (Lipinski definition) is 1. The number of fused-ring (bicyclic) bond motifs is 2. The van der Waals surface area contributed by atoms with Gasteiger partial charge < -0.3 is 9.80 Å². The summed E-state index contributed by atoms with van der Waals surface area (Å²) in [7, 11) is 1.89. The third-order valence-electron chi connectivity index (χ3n) is 5.99. The fraction of sp³-hybridized carbons (Fsp3) is 0.722. The van der Waals surface area contributed by atoms with Gasteiger partial charge in [-0.05, 0) is 43.9 Å². The summed E-state index contributed by atoms with van der Waals surface area (Å²) in [5.41, 5.74) is 0.706. The summed E-state index contributed by atoms with van der Waals surface area (Å²) in [5.74, 6) is 0.911. The molecule has 138 valence electrons. The molecule has 7 heteroatoms. The van der Waals surface area contributed by atoms with Gasteiger partial charge in [0.05, 0.1) is 17.4 Å². The highest BCUT2D eigenvalue weighted by Crippen LogP contribution is 2.52. The second-order valence-corrected chi connectivity index (χ2v) is 8.14. The number of amides is 2. The zero-order valence-corrected chi connectivity index (χ0v) is 16.1. The lowest BCUT2D eigenvalue weighted by Gasteiger charge is -2.38. The minimum absolute atomic E-state index is 0.0750. The van der Waals surface area contributed by atoms with Crippen molar-refractivity contribution in [3.63, 3.8) is 0 Å². The summed E-state index contributed by atoms with van der Waals surface area (Å²) < 4.78 is 0. The Hall–Kier alpha value is -1.50. The molecule has 0 radical (unpaired) electrons. The number of carbonyl (C=O) groups is 2. The van der Waals surface area contributed by atoms with E-state index >= 15 is 0 Å². The predicted molar refractivity (Wildman–Crippen MR) is 99.3 cm³/mol. The molecular weight excluding hydrogens is 336 g/mol. The SMILES string of the molecule is CC[C@@]1(C(=O)N(C)CCc2cn[nH]c2)C[C@@H]2CC[C@H]1N2C(=O)CSC. The van der Waals surface area contributed by atoms with Crippen LogP contribution in [0.1, 0.15) is 38.2 Å². The first-order valence-electron chi connectivity index (χ1n) is 9.06. The Morgan fingerprint density at radius 1 is 1.48 bits per heavy atom. The van der Waals surface area contributed by atoms with E-state index in [9.17, 15) is 9.59 Å². The fourth-order valence-corrected chi connectivity index (χ4v) is 5.11. The van der Waals surface area contributed by atoms with Crippen molar-refractivity contribution in [3.05, 3.63) is 18.0 Å². The average Bonchev–Trinajstić information content (AvgIpc) is 3.34. The molecule has 2 fully saturated rings. The first kappa shape index (κ1) is 18.3. The molecule has 3 rings (SSSR count). The van der Waals surface area contributed by atoms with Gasteiger partial charge in [0.1, 0.15) is 0 Å². The molecule has 0 aromatic carbocycles. The van der Waals surface area contributed by atoms with Gasteiger partial charge >= 0.3 is 0 Å². The number of nitrogens with zero attached hydrogens (tertiary/aromatic N) is 3. The molecular formula is C18H28N4O2S. The maximum atomic E-state index is 13.3. The third kappa shape index (κ3) is 3.18. The number of carbonyl (C=O) groups excluding carboxylic acids is 2.